The van der Waals surface area contributed by atoms with Crippen molar-refractivity contribution in [2.24, 2.45) is 0 Å². The summed E-state index contributed by atoms with van der Waals surface area (Å²) in [5.41, 5.74) is 1.18. The molecule has 114 valence electrons. The molecule has 2 aromatic rings. The van der Waals surface area contributed by atoms with E-state index >= 15 is 0 Å². The standard InChI is InChI=1S/C15H17F3N2S/c1-2-9-19-10-8-12-13(11-6-4-3-5-7-11)20-14(21-12)15(16,17)18/h3-7,19H,2,8-10H2,1H3. The van der Waals surface area contributed by atoms with Crippen molar-refractivity contribution in [1.29, 1.82) is 0 Å². The van der Waals surface area contributed by atoms with E-state index in [0.29, 0.717) is 23.5 Å². The third-order valence-corrected chi connectivity index (χ3v) is 4.10. The zero-order chi connectivity index (χ0) is 15.3. The third-order valence-electron chi connectivity index (χ3n) is 2.94. The summed E-state index contributed by atoms with van der Waals surface area (Å²) in [6.45, 7) is 3.58. The van der Waals surface area contributed by atoms with Crippen molar-refractivity contribution >= 4 is 11.3 Å². The van der Waals surface area contributed by atoms with Gasteiger partial charge in [-0.05, 0) is 19.4 Å². The van der Waals surface area contributed by atoms with Crippen LogP contribution < -0.4 is 5.32 Å². The second kappa shape index (κ2) is 7.04. The van der Waals surface area contributed by atoms with Gasteiger partial charge in [0, 0.05) is 17.0 Å². The van der Waals surface area contributed by atoms with Crippen molar-refractivity contribution in [1.82, 2.24) is 10.3 Å². The Morgan fingerprint density at radius 1 is 1.14 bits per heavy atom. The molecule has 0 saturated carbocycles. The molecule has 1 heterocycles. The zero-order valence-electron chi connectivity index (χ0n) is 11.7. The van der Waals surface area contributed by atoms with Gasteiger partial charge in [-0.1, -0.05) is 37.3 Å². The predicted molar refractivity (Wildman–Crippen MR) is 79.4 cm³/mol. The van der Waals surface area contributed by atoms with Crippen molar-refractivity contribution in [3.05, 3.63) is 40.2 Å². The van der Waals surface area contributed by atoms with E-state index < -0.39 is 11.2 Å². The van der Waals surface area contributed by atoms with E-state index in [9.17, 15) is 13.2 Å². The first-order chi connectivity index (χ1) is 10.0. The van der Waals surface area contributed by atoms with Crippen LogP contribution in [0, 0.1) is 0 Å². The fraction of sp³-hybridized carbons (Fsp3) is 0.400. The first-order valence-electron chi connectivity index (χ1n) is 6.85. The molecule has 0 amide bonds. The van der Waals surface area contributed by atoms with Crippen LogP contribution in [-0.4, -0.2) is 18.1 Å². The summed E-state index contributed by atoms with van der Waals surface area (Å²) in [6.07, 6.45) is -2.83. The number of benzene rings is 1. The molecule has 1 aromatic carbocycles. The Balaban J connectivity index is 2.26. The minimum absolute atomic E-state index is 0.450. The molecule has 0 aliphatic carbocycles. The van der Waals surface area contributed by atoms with Gasteiger partial charge in [0.15, 0.2) is 5.01 Å². The van der Waals surface area contributed by atoms with Gasteiger partial charge in [0.25, 0.3) is 0 Å². The molecule has 6 heteroatoms. The minimum Gasteiger partial charge on any atom is -0.316 e. The van der Waals surface area contributed by atoms with E-state index in [-0.39, 0.29) is 0 Å². The fourth-order valence-electron chi connectivity index (χ4n) is 1.97. The minimum atomic E-state index is -4.39. The molecule has 0 saturated heterocycles. The maximum Gasteiger partial charge on any atom is 0.443 e. The van der Waals surface area contributed by atoms with Gasteiger partial charge in [-0.3, -0.25) is 0 Å². The second-order valence-corrected chi connectivity index (χ2v) is 5.74. The summed E-state index contributed by atoms with van der Waals surface area (Å²) in [4.78, 5) is 4.49. The molecule has 0 radical (unpaired) electrons. The summed E-state index contributed by atoms with van der Waals surface area (Å²) >= 11 is 0.743. The number of thiazole rings is 1. The van der Waals surface area contributed by atoms with Crippen LogP contribution in [0.2, 0.25) is 0 Å². The summed E-state index contributed by atoms with van der Waals surface area (Å²) in [6, 6.07) is 9.03. The van der Waals surface area contributed by atoms with Crippen LogP contribution in [0.4, 0.5) is 13.2 Å². The van der Waals surface area contributed by atoms with Gasteiger partial charge >= 0.3 is 6.18 Å². The summed E-state index contributed by atoms with van der Waals surface area (Å²) in [7, 11) is 0. The molecule has 2 rings (SSSR count). The number of hydrogen-bond donors (Lipinski definition) is 1. The van der Waals surface area contributed by atoms with Crippen LogP contribution in [0.3, 0.4) is 0 Å². The predicted octanol–water partition coefficient (Wildman–Crippen LogP) is 4.37. The molecule has 0 spiro atoms. The van der Waals surface area contributed by atoms with Crippen molar-refractivity contribution in [2.45, 2.75) is 25.9 Å². The van der Waals surface area contributed by atoms with Gasteiger partial charge in [0.2, 0.25) is 0 Å². The van der Waals surface area contributed by atoms with E-state index in [2.05, 4.69) is 17.2 Å². The van der Waals surface area contributed by atoms with Crippen LogP contribution in [-0.2, 0) is 12.6 Å². The average Bonchev–Trinajstić information content (AvgIpc) is 2.89. The number of alkyl halides is 3. The molecule has 1 aromatic heterocycles. The Bertz CT molecular complexity index is 564. The highest BCUT2D eigenvalue weighted by molar-refractivity contribution is 7.12. The van der Waals surface area contributed by atoms with Crippen LogP contribution in [0.1, 0.15) is 23.2 Å². The highest BCUT2D eigenvalue weighted by atomic mass is 32.1. The van der Waals surface area contributed by atoms with Crippen LogP contribution in [0.5, 0.6) is 0 Å². The lowest BCUT2D eigenvalue weighted by Gasteiger charge is -2.03. The number of rotatable bonds is 6. The topological polar surface area (TPSA) is 24.9 Å². The molecule has 2 nitrogen and oxygen atoms in total. The van der Waals surface area contributed by atoms with Crippen molar-refractivity contribution in [2.75, 3.05) is 13.1 Å². The van der Waals surface area contributed by atoms with Crippen LogP contribution in [0.15, 0.2) is 30.3 Å². The molecular formula is C15H17F3N2S. The van der Waals surface area contributed by atoms with Gasteiger partial charge in [-0.25, -0.2) is 4.98 Å². The monoisotopic (exact) mass is 314 g/mol. The third kappa shape index (κ3) is 4.28. The lowest BCUT2D eigenvalue weighted by Crippen LogP contribution is -2.17. The van der Waals surface area contributed by atoms with Gasteiger partial charge in [-0.15, -0.1) is 11.3 Å². The maximum atomic E-state index is 12.9. The van der Waals surface area contributed by atoms with Gasteiger partial charge in [-0.2, -0.15) is 13.2 Å². The fourth-order valence-corrected chi connectivity index (χ4v) is 2.92. The highest BCUT2D eigenvalue weighted by Gasteiger charge is 2.36. The molecule has 21 heavy (non-hydrogen) atoms. The Hall–Kier alpha value is -1.40. The lowest BCUT2D eigenvalue weighted by molar-refractivity contribution is -0.137. The Morgan fingerprint density at radius 2 is 1.86 bits per heavy atom. The summed E-state index contributed by atoms with van der Waals surface area (Å²) in [5.74, 6) is 0. The van der Waals surface area contributed by atoms with E-state index in [1.165, 1.54) is 0 Å². The molecule has 0 bridgehead atoms. The van der Waals surface area contributed by atoms with Crippen molar-refractivity contribution in [3.63, 3.8) is 0 Å². The Morgan fingerprint density at radius 3 is 2.48 bits per heavy atom. The summed E-state index contributed by atoms with van der Waals surface area (Å²) < 4.78 is 38.6. The largest absolute Gasteiger partial charge is 0.443 e. The van der Waals surface area contributed by atoms with Crippen molar-refractivity contribution < 1.29 is 13.2 Å². The molecule has 0 atom stereocenters. The normalized spacial score (nSPS) is 11.8. The molecular weight excluding hydrogens is 297 g/mol. The Labute approximate surface area is 126 Å². The van der Waals surface area contributed by atoms with Crippen LogP contribution in [0.25, 0.3) is 11.3 Å². The number of aromatic nitrogens is 1. The lowest BCUT2D eigenvalue weighted by atomic mass is 10.1. The SMILES string of the molecule is CCCNCCc1sc(C(F)(F)F)nc1-c1ccccc1. The first kappa shape index (κ1) is 16.0. The van der Waals surface area contributed by atoms with Crippen molar-refractivity contribution in [3.8, 4) is 11.3 Å². The maximum absolute atomic E-state index is 12.9. The van der Waals surface area contributed by atoms with Gasteiger partial charge in [0.05, 0.1) is 5.69 Å². The molecule has 1 N–H and O–H groups in total. The Kier molecular flexibility index (Phi) is 5.36. The quantitative estimate of drug-likeness (QED) is 0.801. The van der Waals surface area contributed by atoms with Gasteiger partial charge < -0.3 is 5.32 Å². The highest BCUT2D eigenvalue weighted by Crippen LogP contribution is 2.37. The average molecular weight is 314 g/mol. The number of nitrogens with one attached hydrogen (secondary N) is 1. The number of hydrogen-bond acceptors (Lipinski definition) is 3. The smallest absolute Gasteiger partial charge is 0.316 e. The number of nitrogens with zero attached hydrogens (tertiary/aromatic N) is 1. The molecule has 0 fully saturated rings. The first-order valence-corrected chi connectivity index (χ1v) is 7.67. The van der Waals surface area contributed by atoms with E-state index in [1.807, 2.05) is 6.07 Å². The number of halogens is 3. The van der Waals surface area contributed by atoms with Gasteiger partial charge in [0.1, 0.15) is 0 Å². The molecule has 0 aliphatic rings. The molecule has 0 unspecified atom stereocenters. The zero-order valence-corrected chi connectivity index (χ0v) is 12.5. The summed E-state index contributed by atoms with van der Waals surface area (Å²) in [5, 5.41) is 2.44. The van der Waals surface area contributed by atoms with E-state index in [4.69, 9.17) is 0 Å². The van der Waals surface area contributed by atoms with E-state index in [1.54, 1.807) is 24.3 Å². The second-order valence-electron chi connectivity index (χ2n) is 4.65. The van der Waals surface area contributed by atoms with E-state index in [0.717, 1.165) is 29.9 Å². The molecule has 0 aliphatic heterocycles. The van der Waals surface area contributed by atoms with Crippen LogP contribution >= 0.6 is 11.3 Å².